The molecule has 2 N–H and O–H groups in total. The lowest BCUT2D eigenvalue weighted by molar-refractivity contribution is -0.114. The molecule has 2 rings (SSSR count). The van der Waals surface area contributed by atoms with Crippen LogP contribution in [0.4, 0.5) is 11.4 Å². The number of nitrogens with zero attached hydrogens (tertiary/aromatic N) is 2. The van der Waals surface area contributed by atoms with Crippen molar-refractivity contribution < 1.29 is 4.79 Å². The topological polar surface area (TPSA) is 59.0 Å². The minimum atomic E-state index is -0.0563. The maximum Gasteiger partial charge on any atom is 0.221 e. The average molecular weight is 286 g/mol. The van der Waals surface area contributed by atoms with Crippen molar-refractivity contribution in [2.24, 2.45) is 0 Å². The van der Waals surface area contributed by atoms with E-state index in [2.05, 4.69) is 35.8 Å². The fourth-order valence-corrected chi connectivity index (χ4v) is 2.19. The minimum absolute atomic E-state index is 0.0563. The molecule has 5 nitrogen and oxygen atoms in total. The van der Waals surface area contributed by atoms with E-state index in [0.717, 1.165) is 29.0 Å². The summed E-state index contributed by atoms with van der Waals surface area (Å²) in [6.07, 6.45) is 3.94. The second kappa shape index (κ2) is 6.43. The first-order valence-electron chi connectivity index (χ1n) is 7.16. The summed E-state index contributed by atoms with van der Waals surface area (Å²) in [5.74, 6) is -0.0563. The van der Waals surface area contributed by atoms with Crippen molar-refractivity contribution in [3.8, 4) is 0 Å². The van der Waals surface area contributed by atoms with Crippen LogP contribution in [0.3, 0.4) is 0 Å². The molecular weight excluding hydrogens is 264 g/mol. The standard InChI is InChI=1S/C16H22N4O/c1-5-20-10-14(9-17-20)12(3)18-15-6-7-16(11(2)8-15)19-13(4)21/h6-10,12,18H,5H2,1-4H3,(H,19,21). The molecule has 1 aromatic carbocycles. The van der Waals surface area contributed by atoms with Crippen LogP contribution in [0.2, 0.25) is 0 Å². The third-order valence-electron chi connectivity index (χ3n) is 3.40. The van der Waals surface area contributed by atoms with E-state index in [-0.39, 0.29) is 11.9 Å². The number of carbonyl (C=O) groups is 1. The normalized spacial score (nSPS) is 12.0. The molecule has 112 valence electrons. The van der Waals surface area contributed by atoms with Gasteiger partial charge in [0.2, 0.25) is 5.91 Å². The molecular formula is C16H22N4O. The van der Waals surface area contributed by atoms with Crippen molar-refractivity contribution in [2.45, 2.75) is 40.3 Å². The fourth-order valence-electron chi connectivity index (χ4n) is 2.19. The number of nitrogens with one attached hydrogen (secondary N) is 2. The lowest BCUT2D eigenvalue weighted by Crippen LogP contribution is -2.09. The number of hydrogen-bond acceptors (Lipinski definition) is 3. The number of carbonyl (C=O) groups excluding carboxylic acids is 1. The number of amides is 1. The summed E-state index contributed by atoms with van der Waals surface area (Å²) < 4.78 is 1.92. The predicted molar refractivity (Wildman–Crippen MR) is 85.4 cm³/mol. The lowest BCUT2D eigenvalue weighted by atomic mass is 10.1. The highest BCUT2D eigenvalue weighted by molar-refractivity contribution is 5.89. The van der Waals surface area contributed by atoms with Crippen LogP contribution < -0.4 is 10.6 Å². The van der Waals surface area contributed by atoms with Gasteiger partial charge in [-0.25, -0.2) is 0 Å². The highest BCUT2D eigenvalue weighted by Gasteiger charge is 2.09. The summed E-state index contributed by atoms with van der Waals surface area (Å²) >= 11 is 0. The molecule has 1 heterocycles. The quantitative estimate of drug-likeness (QED) is 0.886. The van der Waals surface area contributed by atoms with Gasteiger partial charge < -0.3 is 10.6 Å². The molecule has 1 amide bonds. The van der Waals surface area contributed by atoms with Gasteiger partial charge in [-0.15, -0.1) is 0 Å². The van der Waals surface area contributed by atoms with Crippen LogP contribution in [0.1, 0.15) is 37.9 Å². The molecule has 1 aromatic heterocycles. The van der Waals surface area contributed by atoms with Crippen molar-refractivity contribution in [1.82, 2.24) is 9.78 Å². The molecule has 0 saturated heterocycles. The van der Waals surface area contributed by atoms with Gasteiger partial charge in [0.25, 0.3) is 0 Å². The first-order valence-corrected chi connectivity index (χ1v) is 7.16. The van der Waals surface area contributed by atoms with Crippen molar-refractivity contribution in [1.29, 1.82) is 0 Å². The van der Waals surface area contributed by atoms with E-state index in [1.807, 2.05) is 36.0 Å². The van der Waals surface area contributed by atoms with Crippen molar-refractivity contribution in [3.05, 3.63) is 41.7 Å². The van der Waals surface area contributed by atoms with Gasteiger partial charge in [0.05, 0.1) is 12.2 Å². The van der Waals surface area contributed by atoms with Gasteiger partial charge in [-0.3, -0.25) is 9.48 Å². The van der Waals surface area contributed by atoms with E-state index in [1.54, 1.807) is 0 Å². The first-order chi connectivity index (χ1) is 9.99. The van der Waals surface area contributed by atoms with E-state index >= 15 is 0 Å². The molecule has 5 heteroatoms. The van der Waals surface area contributed by atoms with Gasteiger partial charge in [0.1, 0.15) is 0 Å². The van der Waals surface area contributed by atoms with E-state index in [4.69, 9.17) is 0 Å². The van der Waals surface area contributed by atoms with E-state index in [1.165, 1.54) is 6.92 Å². The summed E-state index contributed by atoms with van der Waals surface area (Å²) in [4.78, 5) is 11.1. The minimum Gasteiger partial charge on any atom is -0.378 e. The Bertz CT molecular complexity index is 633. The molecule has 0 bridgehead atoms. The summed E-state index contributed by atoms with van der Waals surface area (Å²) in [6.45, 7) is 8.54. The molecule has 1 atom stereocenters. The zero-order chi connectivity index (χ0) is 15.4. The van der Waals surface area contributed by atoms with Crippen molar-refractivity contribution >= 4 is 17.3 Å². The number of aryl methyl sites for hydroxylation is 2. The Labute approximate surface area is 125 Å². The first kappa shape index (κ1) is 15.1. The summed E-state index contributed by atoms with van der Waals surface area (Å²) in [6, 6.07) is 6.10. The van der Waals surface area contributed by atoms with Gasteiger partial charge in [0, 0.05) is 36.6 Å². The van der Waals surface area contributed by atoms with Crippen LogP contribution in [-0.4, -0.2) is 15.7 Å². The largest absolute Gasteiger partial charge is 0.378 e. The fraction of sp³-hybridized carbons (Fsp3) is 0.375. The van der Waals surface area contributed by atoms with Crippen LogP contribution in [0.15, 0.2) is 30.6 Å². The number of aromatic nitrogens is 2. The maximum atomic E-state index is 11.1. The second-order valence-corrected chi connectivity index (χ2v) is 5.21. The average Bonchev–Trinajstić information content (AvgIpc) is 2.90. The Kier molecular flexibility index (Phi) is 4.62. The lowest BCUT2D eigenvalue weighted by Gasteiger charge is -2.15. The Morgan fingerprint density at radius 1 is 1.43 bits per heavy atom. The SMILES string of the molecule is CCn1cc(C(C)Nc2ccc(NC(C)=O)c(C)c2)cn1. The number of rotatable bonds is 5. The molecule has 0 aliphatic rings. The van der Waals surface area contributed by atoms with Crippen molar-refractivity contribution in [2.75, 3.05) is 10.6 Å². The molecule has 0 radical (unpaired) electrons. The van der Waals surface area contributed by atoms with Crippen LogP contribution in [0.25, 0.3) is 0 Å². The van der Waals surface area contributed by atoms with Gasteiger partial charge in [-0.2, -0.15) is 5.10 Å². The van der Waals surface area contributed by atoms with Gasteiger partial charge in [-0.1, -0.05) is 0 Å². The zero-order valence-corrected chi connectivity index (χ0v) is 13.0. The molecule has 0 saturated carbocycles. The number of anilines is 2. The summed E-state index contributed by atoms with van der Waals surface area (Å²) in [7, 11) is 0. The molecule has 0 aliphatic heterocycles. The molecule has 0 aliphatic carbocycles. The highest BCUT2D eigenvalue weighted by atomic mass is 16.1. The van der Waals surface area contributed by atoms with Crippen LogP contribution in [0.5, 0.6) is 0 Å². The number of benzene rings is 1. The number of hydrogen-bond donors (Lipinski definition) is 2. The monoisotopic (exact) mass is 286 g/mol. The second-order valence-electron chi connectivity index (χ2n) is 5.21. The Hall–Kier alpha value is -2.30. The highest BCUT2D eigenvalue weighted by Crippen LogP contribution is 2.23. The third-order valence-corrected chi connectivity index (χ3v) is 3.40. The molecule has 0 spiro atoms. The van der Waals surface area contributed by atoms with Gasteiger partial charge in [-0.05, 0) is 44.5 Å². The maximum absolute atomic E-state index is 11.1. The predicted octanol–water partition coefficient (Wildman–Crippen LogP) is 3.34. The Balaban J connectivity index is 2.08. The summed E-state index contributed by atoms with van der Waals surface area (Å²) in [5, 5.41) is 10.6. The smallest absolute Gasteiger partial charge is 0.221 e. The molecule has 2 aromatic rings. The van der Waals surface area contributed by atoms with Crippen molar-refractivity contribution in [3.63, 3.8) is 0 Å². The van der Waals surface area contributed by atoms with Gasteiger partial charge in [0.15, 0.2) is 0 Å². The Morgan fingerprint density at radius 3 is 2.76 bits per heavy atom. The van der Waals surface area contributed by atoms with E-state index < -0.39 is 0 Å². The van der Waals surface area contributed by atoms with E-state index in [0.29, 0.717) is 0 Å². The van der Waals surface area contributed by atoms with Crippen LogP contribution in [-0.2, 0) is 11.3 Å². The molecule has 1 unspecified atom stereocenters. The molecule has 0 fully saturated rings. The van der Waals surface area contributed by atoms with Gasteiger partial charge >= 0.3 is 0 Å². The van der Waals surface area contributed by atoms with Crippen LogP contribution >= 0.6 is 0 Å². The van der Waals surface area contributed by atoms with E-state index in [9.17, 15) is 4.79 Å². The Morgan fingerprint density at radius 2 is 2.19 bits per heavy atom. The molecule has 21 heavy (non-hydrogen) atoms. The zero-order valence-electron chi connectivity index (χ0n) is 13.0. The third kappa shape index (κ3) is 3.84. The van der Waals surface area contributed by atoms with Crippen LogP contribution in [0, 0.1) is 6.92 Å². The summed E-state index contributed by atoms with van der Waals surface area (Å²) in [5.41, 5.74) is 4.06.